The number of hydrogen-bond acceptors (Lipinski definition) is 5. The summed E-state index contributed by atoms with van der Waals surface area (Å²) in [6.45, 7) is 0.340. The van der Waals surface area contributed by atoms with E-state index < -0.39 is 0 Å². The number of amides is 1. The van der Waals surface area contributed by atoms with Crippen LogP contribution >= 0.6 is 0 Å². The van der Waals surface area contributed by atoms with Gasteiger partial charge in [-0.1, -0.05) is 17.3 Å². The van der Waals surface area contributed by atoms with Crippen LogP contribution in [0.1, 0.15) is 12.8 Å². The Labute approximate surface area is 144 Å². The van der Waals surface area contributed by atoms with Crippen LogP contribution in [0.15, 0.2) is 53.3 Å². The Hall–Kier alpha value is -3.22. The first-order chi connectivity index (χ1) is 12.2. The van der Waals surface area contributed by atoms with Gasteiger partial charge in [0.25, 0.3) is 5.56 Å². The number of hydrogen-bond donors (Lipinski definition) is 1. The van der Waals surface area contributed by atoms with Crippen molar-refractivity contribution >= 4 is 22.5 Å². The van der Waals surface area contributed by atoms with E-state index in [1.54, 1.807) is 49.6 Å². The van der Waals surface area contributed by atoms with Crippen molar-refractivity contribution in [2.24, 2.45) is 0 Å². The van der Waals surface area contributed by atoms with Crippen molar-refractivity contribution in [3.05, 3.63) is 58.9 Å². The zero-order chi connectivity index (χ0) is 17.6. The Bertz CT molecular complexity index is 935. The molecule has 0 aliphatic carbocycles. The molecular weight excluding hydrogens is 320 g/mol. The molecule has 0 aliphatic heterocycles. The quantitative estimate of drug-likeness (QED) is 0.745. The Morgan fingerprint density at radius 1 is 1.16 bits per heavy atom. The number of aryl methyl sites for hydroxylation is 1. The monoisotopic (exact) mass is 338 g/mol. The fourth-order valence-corrected chi connectivity index (χ4v) is 2.46. The number of carbonyl (C=O) groups is 1. The summed E-state index contributed by atoms with van der Waals surface area (Å²) >= 11 is 0. The summed E-state index contributed by atoms with van der Waals surface area (Å²) in [5.74, 6) is 0.610. The Balaban J connectivity index is 1.56. The van der Waals surface area contributed by atoms with Crippen LogP contribution in [0.2, 0.25) is 0 Å². The predicted octanol–water partition coefficient (Wildman–Crippen LogP) is 2.22. The first-order valence-electron chi connectivity index (χ1n) is 7.94. The number of anilines is 1. The Morgan fingerprint density at radius 3 is 2.68 bits per heavy atom. The number of carbonyl (C=O) groups excluding carboxylic acids is 1. The normalized spacial score (nSPS) is 10.6. The minimum Gasteiger partial charge on any atom is -0.497 e. The highest BCUT2D eigenvalue weighted by Crippen LogP contribution is 2.15. The molecule has 0 atom stereocenters. The maximum absolute atomic E-state index is 12.3. The fraction of sp³-hybridized carbons (Fsp3) is 0.222. The molecular formula is C18H18N4O3. The minimum absolute atomic E-state index is 0.119. The number of methoxy groups -OCH3 is 1. The number of fused-ring (bicyclic) bond motifs is 1. The molecule has 0 radical (unpaired) electrons. The second-order valence-corrected chi connectivity index (χ2v) is 5.52. The minimum atomic E-state index is -0.193. The van der Waals surface area contributed by atoms with Gasteiger partial charge >= 0.3 is 0 Å². The largest absolute Gasteiger partial charge is 0.497 e. The van der Waals surface area contributed by atoms with Gasteiger partial charge in [0.05, 0.1) is 12.5 Å². The van der Waals surface area contributed by atoms with Crippen molar-refractivity contribution in [3.8, 4) is 5.75 Å². The van der Waals surface area contributed by atoms with Crippen LogP contribution in [-0.2, 0) is 11.3 Å². The van der Waals surface area contributed by atoms with E-state index in [4.69, 9.17) is 4.74 Å². The van der Waals surface area contributed by atoms with Crippen LogP contribution in [0.5, 0.6) is 5.75 Å². The highest BCUT2D eigenvalue weighted by atomic mass is 16.5. The van der Waals surface area contributed by atoms with Crippen LogP contribution in [-0.4, -0.2) is 28.0 Å². The molecule has 25 heavy (non-hydrogen) atoms. The van der Waals surface area contributed by atoms with Crippen LogP contribution in [0, 0.1) is 0 Å². The third-order valence-corrected chi connectivity index (χ3v) is 3.78. The molecule has 7 heteroatoms. The van der Waals surface area contributed by atoms with Crippen molar-refractivity contribution in [2.45, 2.75) is 19.4 Å². The molecule has 2 aromatic carbocycles. The van der Waals surface area contributed by atoms with Crippen LogP contribution < -0.4 is 15.6 Å². The predicted molar refractivity (Wildman–Crippen MR) is 94.7 cm³/mol. The van der Waals surface area contributed by atoms with Crippen molar-refractivity contribution in [1.82, 2.24) is 15.0 Å². The smallest absolute Gasteiger partial charge is 0.277 e. The lowest BCUT2D eigenvalue weighted by Gasteiger charge is -2.07. The molecule has 0 bridgehead atoms. The van der Waals surface area contributed by atoms with Gasteiger partial charge in [0.1, 0.15) is 11.3 Å². The molecule has 0 unspecified atom stereocenters. The Kier molecular flexibility index (Phi) is 5.03. The fourth-order valence-electron chi connectivity index (χ4n) is 2.46. The lowest BCUT2D eigenvalue weighted by atomic mass is 10.2. The van der Waals surface area contributed by atoms with E-state index in [0.29, 0.717) is 29.6 Å². The van der Waals surface area contributed by atoms with E-state index in [-0.39, 0.29) is 17.9 Å². The van der Waals surface area contributed by atoms with Crippen molar-refractivity contribution in [1.29, 1.82) is 0 Å². The average Bonchev–Trinajstić information content (AvgIpc) is 2.64. The lowest BCUT2D eigenvalue weighted by molar-refractivity contribution is -0.116. The highest BCUT2D eigenvalue weighted by molar-refractivity contribution is 5.90. The summed E-state index contributed by atoms with van der Waals surface area (Å²) in [4.78, 5) is 24.3. The molecule has 1 heterocycles. The van der Waals surface area contributed by atoms with E-state index in [1.807, 2.05) is 6.07 Å². The molecule has 3 rings (SSSR count). The molecule has 1 aromatic heterocycles. The summed E-state index contributed by atoms with van der Waals surface area (Å²) in [6, 6.07) is 14.2. The zero-order valence-electron chi connectivity index (χ0n) is 13.8. The van der Waals surface area contributed by atoms with Gasteiger partial charge in [-0.15, -0.1) is 5.10 Å². The van der Waals surface area contributed by atoms with Gasteiger partial charge in [-0.25, -0.2) is 4.68 Å². The average molecular weight is 338 g/mol. The maximum Gasteiger partial charge on any atom is 0.277 e. The van der Waals surface area contributed by atoms with Gasteiger partial charge in [0.15, 0.2) is 0 Å². The molecule has 0 fully saturated rings. The van der Waals surface area contributed by atoms with Crippen LogP contribution in [0.4, 0.5) is 5.69 Å². The van der Waals surface area contributed by atoms with Crippen molar-refractivity contribution in [2.75, 3.05) is 12.4 Å². The zero-order valence-corrected chi connectivity index (χ0v) is 13.8. The number of benzene rings is 2. The molecule has 3 aromatic rings. The van der Waals surface area contributed by atoms with Gasteiger partial charge in [0.2, 0.25) is 5.91 Å². The first-order valence-corrected chi connectivity index (χ1v) is 7.94. The van der Waals surface area contributed by atoms with Gasteiger partial charge in [-0.05, 0) is 42.8 Å². The number of aromatic nitrogens is 3. The molecule has 1 amide bonds. The topological polar surface area (TPSA) is 86.1 Å². The third-order valence-electron chi connectivity index (χ3n) is 3.78. The summed E-state index contributed by atoms with van der Waals surface area (Å²) < 4.78 is 6.37. The van der Waals surface area contributed by atoms with Gasteiger partial charge in [-0.3, -0.25) is 9.59 Å². The number of nitrogens with one attached hydrogen (secondary N) is 1. The Morgan fingerprint density at radius 2 is 1.92 bits per heavy atom. The summed E-state index contributed by atoms with van der Waals surface area (Å²) in [7, 11) is 1.59. The number of nitrogens with zero attached hydrogens (tertiary/aromatic N) is 3. The molecule has 0 aliphatic rings. The molecule has 0 saturated heterocycles. The van der Waals surface area contributed by atoms with Crippen LogP contribution in [0.25, 0.3) is 10.9 Å². The SMILES string of the molecule is COc1ccc(NC(=O)CCCn2nnc3ccccc3c2=O)cc1. The molecule has 7 nitrogen and oxygen atoms in total. The highest BCUT2D eigenvalue weighted by Gasteiger charge is 2.07. The third kappa shape index (κ3) is 4.00. The van der Waals surface area contributed by atoms with E-state index >= 15 is 0 Å². The summed E-state index contributed by atoms with van der Waals surface area (Å²) in [5.41, 5.74) is 1.08. The van der Waals surface area contributed by atoms with Crippen LogP contribution in [0.3, 0.4) is 0 Å². The van der Waals surface area contributed by atoms with Crippen molar-refractivity contribution < 1.29 is 9.53 Å². The molecule has 0 spiro atoms. The number of ether oxygens (including phenoxy) is 1. The van der Waals surface area contributed by atoms with E-state index in [0.717, 1.165) is 5.75 Å². The summed E-state index contributed by atoms with van der Waals surface area (Å²) in [5, 5.41) is 11.3. The lowest BCUT2D eigenvalue weighted by Crippen LogP contribution is -2.25. The maximum atomic E-state index is 12.3. The second kappa shape index (κ2) is 7.57. The summed E-state index contributed by atoms with van der Waals surface area (Å²) in [6.07, 6.45) is 0.780. The van der Waals surface area contributed by atoms with Crippen molar-refractivity contribution in [3.63, 3.8) is 0 Å². The molecule has 1 N–H and O–H groups in total. The van der Waals surface area contributed by atoms with Gasteiger partial charge < -0.3 is 10.1 Å². The molecule has 128 valence electrons. The van der Waals surface area contributed by atoms with Gasteiger partial charge in [0, 0.05) is 18.7 Å². The second-order valence-electron chi connectivity index (χ2n) is 5.52. The van der Waals surface area contributed by atoms with Gasteiger partial charge in [-0.2, -0.15) is 0 Å². The molecule has 0 saturated carbocycles. The van der Waals surface area contributed by atoms with E-state index in [2.05, 4.69) is 15.6 Å². The first kappa shape index (κ1) is 16.6. The van der Waals surface area contributed by atoms with E-state index in [9.17, 15) is 9.59 Å². The van der Waals surface area contributed by atoms with E-state index in [1.165, 1.54) is 4.68 Å². The standard InChI is InChI=1S/C18H18N4O3/c1-25-14-10-8-13(9-11-14)19-17(23)7-4-12-22-18(24)15-5-2-3-6-16(15)20-21-22/h2-3,5-6,8-11H,4,7,12H2,1H3,(H,19,23). The number of rotatable bonds is 6.